The van der Waals surface area contributed by atoms with E-state index in [4.69, 9.17) is 4.42 Å². The van der Waals surface area contributed by atoms with Crippen LogP contribution in [0.2, 0.25) is 0 Å². The van der Waals surface area contributed by atoms with E-state index in [0.29, 0.717) is 0 Å². The number of thioether (sulfide) groups is 1. The quantitative estimate of drug-likeness (QED) is 0.463. The van der Waals surface area contributed by atoms with E-state index in [0.717, 1.165) is 34.6 Å². The average Bonchev–Trinajstić information content (AvgIpc) is 2.32. The third kappa shape index (κ3) is 2.75. The van der Waals surface area contributed by atoms with Gasteiger partial charge in [-0.05, 0) is 26.0 Å². The highest BCUT2D eigenvalue weighted by Crippen LogP contribution is 2.20. The Morgan fingerprint density at radius 2 is 2.25 bits per heavy atom. The number of hydrogen-bond acceptors (Lipinski definition) is 4. The minimum Gasteiger partial charge on any atom is -0.437 e. The lowest BCUT2D eigenvalue weighted by Crippen LogP contribution is -1.80. The molecule has 0 atom stereocenters. The molecule has 4 heteroatoms. The van der Waals surface area contributed by atoms with Gasteiger partial charge in [-0.1, -0.05) is 11.8 Å². The van der Waals surface area contributed by atoms with E-state index in [2.05, 4.69) is 17.6 Å². The molecular weight excluding hydrogens is 190 g/mol. The van der Waals surface area contributed by atoms with Gasteiger partial charge in [0.2, 0.25) is 0 Å². The summed E-state index contributed by atoms with van der Waals surface area (Å²) in [6.07, 6.45) is 1.09. The summed E-state index contributed by atoms with van der Waals surface area (Å²) in [6.45, 7) is 3.90. The van der Waals surface area contributed by atoms with E-state index < -0.39 is 0 Å². The average molecular weight is 203 g/mol. The van der Waals surface area contributed by atoms with Crippen molar-refractivity contribution in [2.45, 2.75) is 25.5 Å². The predicted octanol–water partition coefficient (Wildman–Crippen LogP) is 2.70. The van der Waals surface area contributed by atoms with Crippen LogP contribution in [0.1, 0.15) is 17.9 Å². The molecule has 12 heavy (non-hydrogen) atoms. The number of oxazole rings is 1. The van der Waals surface area contributed by atoms with E-state index >= 15 is 0 Å². The second kappa shape index (κ2) is 4.82. The van der Waals surface area contributed by atoms with Gasteiger partial charge in [0.25, 0.3) is 5.22 Å². The fraction of sp³-hybridized carbons (Fsp3) is 0.625. The first-order chi connectivity index (χ1) is 5.74. The molecule has 1 rings (SSSR count). The number of aryl methyl sites for hydroxylation is 2. The Kier molecular flexibility index (Phi) is 4.01. The van der Waals surface area contributed by atoms with Crippen molar-refractivity contribution in [3.8, 4) is 0 Å². The van der Waals surface area contributed by atoms with Gasteiger partial charge in [0.1, 0.15) is 5.76 Å². The fourth-order valence-corrected chi connectivity index (χ4v) is 1.95. The zero-order valence-electron chi connectivity index (χ0n) is 7.33. The van der Waals surface area contributed by atoms with Gasteiger partial charge in [0.15, 0.2) is 0 Å². The van der Waals surface area contributed by atoms with Gasteiger partial charge in [-0.15, -0.1) is 0 Å². The molecule has 0 radical (unpaired) electrons. The van der Waals surface area contributed by atoms with Gasteiger partial charge in [-0.3, -0.25) is 0 Å². The highest BCUT2D eigenvalue weighted by atomic mass is 32.2. The molecule has 1 aromatic rings. The van der Waals surface area contributed by atoms with Gasteiger partial charge in [-0.2, -0.15) is 12.6 Å². The molecule has 0 N–H and O–H groups in total. The number of aromatic nitrogens is 1. The highest BCUT2D eigenvalue weighted by molar-refractivity contribution is 7.99. The molecule has 1 aromatic heterocycles. The Morgan fingerprint density at radius 3 is 2.75 bits per heavy atom. The van der Waals surface area contributed by atoms with Crippen LogP contribution in [-0.2, 0) is 0 Å². The van der Waals surface area contributed by atoms with E-state index in [-0.39, 0.29) is 0 Å². The van der Waals surface area contributed by atoms with E-state index in [9.17, 15) is 0 Å². The third-order valence-electron chi connectivity index (χ3n) is 1.54. The maximum absolute atomic E-state index is 5.39. The summed E-state index contributed by atoms with van der Waals surface area (Å²) in [5.74, 6) is 2.87. The Morgan fingerprint density at radius 1 is 1.50 bits per heavy atom. The molecule has 0 amide bonds. The van der Waals surface area contributed by atoms with Crippen LogP contribution >= 0.6 is 24.4 Å². The SMILES string of the molecule is Cc1nc(SCCCS)oc1C. The lowest BCUT2D eigenvalue weighted by molar-refractivity contribution is 0.431. The highest BCUT2D eigenvalue weighted by Gasteiger charge is 2.04. The first-order valence-electron chi connectivity index (χ1n) is 3.91. The van der Waals surface area contributed by atoms with Crippen molar-refractivity contribution in [1.82, 2.24) is 4.98 Å². The van der Waals surface area contributed by atoms with Gasteiger partial charge in [0.05, 0.1) is 5.69 Å². The van der Waals surface area contributed by atoms with Crippen LogP contribution in [0.3, 0.4) is 0 Å². The van der Waals surface area contributed by atoms with Crippen LogP contribution < -0.4 is 0 Å². The molecule has 0 aromatic carbocycles. The van der Waals surface area contributed by atoms with Crippen molar-refractivity contribution >= 4 is 24.4 Å². The standard InChI is InChI=1S/C8H13NOS2/c1-6-7(2)10-8(9-6)12-5-3-4-11/h11H,3-5H2,1-2H3. The second-order valence-electron chi connectivity index (χ2n) is 2.55. The minimum absolute atomic E-state index is 0.784. The molecule has 2 nitrogen and oxygen atoms in total. The monoisotopic (exact) mass is 203 g/mol. The molecule has 0 aliphatic rings. The van der Waals surface area contributed by atoms with Crippen LogP contribution in [0.15, 0.2) is 9.64 Å². The molecule has 0 spiro atoms. The number of thiol groups is 1. The van der Waals surface area contributed by atoms with Crippen molar-refractivity contribution in [2.75, 3.05) is 11.5 Å². The first kappa shape index (κ1) is 9.99. The van der Waals surface area contributed by atoms with Gasteiger partial charge in [-0.25, -0.2) is 4.98 Å². The number of hydrogen-bond donors (Lipinski definition) is 1. The summed E-state index contributed by atoms with van der Waals surface area (Å²) in [5.41, 5.74) is 0.989. The number of nitrogens with zero attached hydrogens (tertiary/aromatic N) is 1. The van der Waals surface area contributed by atoms with E-state index in [1.54, 1.807) is 11.8 Å². The minimum atomic E-state index is 0.784. The molecule has 0 saturated carbocycles. The topological polar surface area (TPSA) is 26.0 Å². The van der Waals surface area contributed by atoms with Gasteiger partial charge >= 0.3 is 0 Å². The lowest BCUT2D eigenvalue weighted by Gasteiger charge is -1.91. The maximum atomic E-state index is 5.39. The van der Waals surface area contributed by atoms with Crippen LogP contribution in [0, 0.1) is 13.8 Å². The molecule has 0 saturated heterocycles. The molecule has 0 aliphatic carbocycles. The number of rotatable bonds is 4. The zero-order chi connectivity index (χ0) is 8.97. The summed E-state index contributed by atoms with van der Waals surface area (Å²) in [4.78, 5) is 4.25. The first-order valence-corrected chi connectivity index (χ1v) is 5.53. The van der Waals surface area contributed by atoms with E-state index in [1.165, 1.54) is 0 Å². The third-order valence-corrected chi connectivity index (χ3v) is 2.77. The molecule has 0 fully saturated rings. The van der Waals surface area contributed by atoms with Crippen LogP contribution in [-0.4, -0.2) is 16.5 Å². The van der Waals surface area contributed by atoms with Crippen molar-refractivity contribution in [1.29, 1.82) is 0 Å². The van der Waals surface area contributed by atoms with Crippen LogP contribution in [0.25, 0.3) is 0 Å². The molecule has 68 valence electrons. The molecule has 0 bridgehead atoms. The molecule has 0 aliphatic heterocycles. The smallest absolute Gasteiger partial charge is 0.256 e. The maximum Gasteiger partial charge on any atom is 0.256 e. The van der Waals surface area contributed by atoms with Crippen molar-refractivity contribution in [3.05, 3.63) is 11.5 Å². The summed E-state index contributed by atoms with van der Waals surface area (Å²) in [5, 5.41) is 0.784. The zero-order valence-corrected chi connectivity index (χ0v) is 9.04. The normalized spacial score (nSPS) is 10.6. The summed E-state index contributed by atoms with van der Waals surface area (Å²) in [7, 11) is 0. The molecule has 0 unspecified atom stereocenters. The summed E-state index contributed by atoms with van der Waals surface area (Å²) in [6, 6.07) is 0. The fourth-order valence-electron chi connectivity index (χ4n) is 0.729. The van der Waals surface area contributed by atoms with Crippen molar-refractivity contribution in [3.63, 3.8) is 0 Å². The van der Waals surface area contributed by atoms with Gasteiger partial charge < -0.3 is 4.42 Å². The van der Waals surface area contributed by atoms with Crippen molar-refractivity contribution in [2.24, 2.45) is 0 Å². The molecule has 1 heterocycles. The summed E-state index contributed by atoms with van der Waals surface area (Å²) >= 11 is 5.78. The predicted molar refractivity (Wildman–Crippen MR) is 55.2 cm³/mol. The van der Waals surface area contributed by atoms with Crippen LogP contribution in [0.4, 0.5) is 0 Å². The van der Waals surface area contributed by atoms with Gasteiger partial charge in [0, 0.05) is 5.75 Å². The van der Waals surface area contributed by atoms with Crippen LogP contribution in [0.5, 0.6) is 0 Å². The Balaban J connectivity index is 2.42. The Bertz CT molecular complexity index is 228. The Hall–Kier alpha value is -0.0900. The lowest BCUT2D eigenvalue weighted by atomic mass is 10.4. The summed E-state index contributed by atoms with van der Waals surface area (Å²) < 4.78 is 5.39. The van der Waals surface area contributed by atoms with E-state index in [1.807, 2.05) is 13.8 Å². The van der Waals surface area contributed by atoms with Crippen molar-refractivity contribution < 1.29 is 4.42 Å². The largest absolute Gasteiger partial charge is 0.437 e. The Labute approximate surface area is 82.5 Å². The second-order valence-corrected chi connectivity index (χ2v) is 4.04. The molecular formula is C8H13NOS2.